The van der Waals surface area contributed by atoms with Crippen LogP contribution < -0.4 is 24.4 Å². The van der Waals surface area contributed by atoms with Crippen molar-refractivity contribution < 1.29 is 28.2 Å². The molecule has 0 amide bonds. The van der Waals surface area contributed by atoms with E-state index in [0.29, 0.717) is 33.0 Å². The molecule has 9 nitrogen and oxygen atoms in total. The van der Waals surface area contributed by atoms with Crippen LogP contribution in [0.15, 0.2) is 118 Å². The summed E-state index contributed by atoms with van der Waals surface area (Å²) in [5, 5.41) is 0. The molecule has 0 saturated carbocycles. The highest BCUT2D eigenvalue weighted by molar-refractivity contribution is 7.07. The van der Waals surface area contributed by atoms with Gasteiger partial charge in [0.2, 0.25) is 5.76 Å². The number of nitrogens with zero attached hydrogens (tertiary/aromatic N) is 2. The molecule has 1 atom stereocenters. The van der Waals surface area contributed by atoms with E-state index in [1.165, 1.54) is 34.3 Å². The van der Waals surface area contributed by atoms with E-state index in [4.69, 9.17) is 18.6 Å². The molecule has 0 radical (unpaired) electrons. The van der Waals surface area contributed by atoms with Crippen molar-refractivity contribution in [1.82, 2.24) is 4.57 Å². The number of benzene rings is 2. The Morgan fingerprint density at radius 3 is 2.38 bits per heavy atom. The van der Waals surface area contributed by atoms with Crippen LogP contribution >= 0.6 is 11.3 Å². The Bertz CT molecular complexity index is 1850. The summed E-state index contributed by atoms with van der Waals surface area (Å²) in [6, 6.07) is 16.1. The number of allylic oxidation sites excluding steroid dienone is 1. The minimum atomic E-state index is -0.829. The number of carbonyl (C=O) groups is 2. The van der Waals surface area contributed by atoms with Gasteiger partial charge in [0.15, 0.2) is 4.80 Å². The summed E-state index contributed by atoms with van der Waals surface area (Å²) in [5.41, 5.74) is 1.74. The lowest BCUT2D eigenvalue weighted by Crippen LogP contribution is -2.39. The van der Waals surface area contributed by atoms with Crippen molar-refractivity contribution in [3.8, 4) is 11.5 Å². The highest BCUT2D eigenvalue weighted by Crippen LogP contribution is 2.32. The maximum atomic E-state index is 13.8. The maximum absolute atomic E-state index is 13.8. The Morgan fingerprint density at radius 1 is 1.00 bits per heavy atom. The monoisotopic (exact) mass is 582 g/mol. The van der Waals surface area contributed by atoms with E-state index in [0.717, 1.165) is 5.56 Å². The van der Waals surface area contributed by atoms with E-state index in [2.05, 4.69) is 18.2 Å². The second-order valence-electron chi connectivity index (χ2n) is 9.07. The molecular formula is C32H26N2O7S. The zero-order valence-corrected chi connectivity index (χ0v) is 23.5. The van der Waals surface area contributed by atoms with Crippen molar-refractivity contribution in [1.29, 1.82) is 0 Å². The summed E-state index contributed by atoms with van der Waals surface area (Å²) in [5.74, 6) is -0.241. The molecule has 0 saturated heterocycles. The molecular weight excluding hydrogens is 556 g/mol. The fraction of sp³-hybridized carbons (Fsp3) is 0.125. The average Bonchev–Trinajstić information content (AvgIpc) is 3.64. The summed E-state index contributed by atoms with van der Waals surface area (Å²) >= 11 is 1.22. The maximum Gasteiger partial charge on any atom is 0.379 e. The van der Waals surface area contributed by atoms with Crippen molar-refractivity contribution in [2.75, 3.05) is 13.2 Å². The normalized spacial score (nSPS) is 14.5. The summed E-state index contributed by atoms with van der Waals surface area (Å²) < 4.78 is 23.3. The molecule has 4 aromatic rings. The van der Waals surface area contributed by atoms with Gasteiger partial charge < -0.3 is 18.6 Å². The standard InChI is InChI=1S/C32H26N2O7S/c1-4-16-38-23-12-8-21(9-13-23)19-26-29(35)34-28(27(31(37)40-17-5-2)20(3)33-32(34)42-26)22-10-14-24(15-11-22)41-30(36)25-7-6-18-39-25/h4-15,18-19,28H,1-2,16-17H2,3H3/b26-19+/t28-/m1/s1. The minimum absolute atomic E-state index is 0.000924. The van der Waals surface area contributed by atoms with Gasteiger partial charge in [0.25, 0.3) is 5.56 Å². The fourth-order valence-electron chi connectivity index (χ4n) is 4.35. The number of hydrogen-bond acceptors (Lipinski definition) is 9. The first-order valence-corrected chi connectivity index (χ1v) is 13.7. The third-order valence-corrected chi connectivity index (χ3v) is 7.23. The predicted molar refractivity (Wildman–Crippen MR) is 157 cm³/mol. The summed E-state index contributed by atoms with van der Waals surface area (Å²) in [6.45, 7) is 9.34. The third kappa shape index (κ3) is 5.93. The van der Waals surface area contributed by atoms with Crippen molar-refractivity contribution in [2.45, 2.75) is 13.0 Å². The first kappa shape index (κ1) is 28.3. The van der Waals surface area contributed by atoms with Crippen LogP contribution in [0.1, 0.15) is 34.6 Å². The first-order chi connectivity index (χ1) is 20.4. The van der Waals surface area contributed by atoms with Crippen LogP contribution in [0.3, 0.4) is 0 Å². The Balaban J connectivity index is 1.54. The molecule has 1 aliphatic rings. The van der Waals surface area contributed by atoms with Crippen LogP contribution in [0, 0.1) is 0 Å². The van der Waals surface area contributed by atoms with E-state index in [1.807, 2.05) is 24.3 Å². The number of fused-ring (bicyclic) bond motifs is 1. The SMILES string of the molecule is C=CCOC(=O)C1=C(C)N=c2s/c(=C/c3ccc(OCC=C)cc3)c(=O)n2[C@@H]1c1ccc(OC(=O)c2ccco2)cc1. The third-order valence-electron chi connectivity index (χ3n) is 6.25. The number of aromatic nitrogens is 1. The zero-order chi connectivity index (χ0) is 29.6. The number of esters is 2. The first-order valence-electron chi connectivity index (χ1n) is 12.9. The highest BCUT2D eigenvalue weighted by Gasteiger charge is 2.33. The molecule has 3 heterocycles. The average molecular weight is 583 g/mol. The second kappa shape index (κ2) is 12.5. The molecule has 0 aliphatic carbocycles. The summed E-state index contributed by atoms with van der Waals surface area (Å²) in [7, 11) is 0. The van der Waals surface area contributed by atoms with E-state index < -0.39 is 18.0 Å². The fourth-order valence-corrected chi connectivity index (χ4v) is 5.39. The molecule has 212 valence electrons. The quantitative estimate of drug-likeness (QED) is 0.155. The van der Waals surface area contributed by atoms with E-state index in [1.54, 1.807) is 49.4 Å². The number of furan rings is 1. The number of hydrogen-bond donors (Lipinski definition) is 0. The van der Waals surface area contributed by atoms with Gasteiger partial charge in [-0.2, -0.15) is 0 Å². The zero-order valence-electron chi connectivity index (χ0n) is 22.6. The van der Waals surface area contributed by atoms with Crippen LogP contribution in [0.2, 0.25) is 0 Å². The van der Waals surface area contributed by atoms with E-state index in [-0.39, 0.29) is 29.2 Å². The van der Waals surface area contributed by atoms with Gasteiger partial charge in [-0.25, -0.2) is 14.6 Å². The molecule has 10 heteroatoms. The van der Waals surface area contributed by atoms with Gasteiger partial charge in [0, 0.05) is 0 Å². The summed E-state index contributed by atoms with van der Waals surface area (Å²) in [6.07, 6.45) is 6.28. The van der Waals surface area contributed by atoms with Crippen LogP contribution in [0.5, 0.6) is 11.5 Å². The van der Waals surface area contributed by atoms with Crippen molar-refractivity contribution in [2.24, 2.45) is 4.99 Å². The number of ether oxygens (including phenoxy) is 3. The van der Waals surface area contributed by atoms with Crippen molar-refractivity contribution in [3.63, 3.8) is 0 Å². The predicted octanol–water partition coefficient (Wildman–Crippen LogP) is 4.34. The van der Waals surface area contributed by atoms with Gasteiger partial charge in [-0.3, -0.25) is 9.36 Å². The van der Waals surface area contributed by atoms with Crippen LogP contribution in [-0.2, 0) is 9.53 Å². The number of rotatable bonds is 10. The van der Waals surface area contributed by atoms with Gasteiger partial charge in [-0.15, -0.1) is 0 Å². The lowest BCUT2D eigenvalue weighted by atomic mass is 9.96. The Kier molecular flexibility index (Phi) is 8.44. The topological polar surface area (TPSA) is 109 Å². The van der Waals surface area contributed by atoms with Gasteiger partial charge in [0.05, 0.1) is 28.1 Å². The molecule has 2 aromatic carbocycles. The van der Waals surface area contributed by atoms with Crippen molar-refractivity contribution >= 4 is 29.4 Å². The molecule has 0 bridgehead atoms. The second-order valence-corrected chi connectivity index (χ2v) is 10.1. The van der Waals surface area contributed by atoms with Gasteiger partial charge in [-0.1, -0.05) is 60.9 Å². The largest absolute Gasteiger partial charge is 0.490 e. The van der Waals surface area contributed by atoms with Gasteiger partial charge in [0.1, 0.15) is 24.7 Å². The molecule has 1 aliphatic heterocycles. The Labute approximate surface area is 244 Å². The Morgan fingerprint density at radius 2 is 1.71 bits per heavy atom. The molecule has 0 N–H and O–H groups in total. The van der Waals surface area contributed by atoms with Crippen LogP contribution in [0.4, 0.5) is 0 Å². The number of thiazole rings is 1. The lowest BCUT2D eigenvalue weighted by Gasteiger charge is -2.24. The van der Waals surface area contributed by atoms with E-state index in [9.17, 15) is 14.4 Å². The molecule has 0 unspecified atom stereocenters. The van der Waals surface area contributed by atoms with Crippen LogP contribution in [0.25, 0.3) is 6.08 Å². The molecule has 42 heavy (non-hydrogen) atoms. The summed E-state index contributed by atoms with van der Waals surface area (Å²) in [4.78, 5) is 44.4. The highest BCUT2D eigenvalue weighted by atomic mass is 32.1. The van der Waals surface area contributed by atoms with Crippen molar-refractivity contribution in [3.05, 3.63) is 140 Å². The van der Waals surface area contributed by atoms with Gasteiger partial charge in [-0.05, 0) is 60.5 Å². The van der Waals surface area contributed by atoms with Crippen LogP contribution in [-0.4, -0.2) is 29.7 Å². The molecule has 0 fully saturated rings. The Hall–Kier alpha value is -5.22. The lowest BCUT2D eigenvalue weighted by molar-refractivity contribution is -0.138. The molecule has 5 rings (SSSR count). The van der Waals surface area contributed by atoms with Gasteiger partial charge >= 0.3 is 11.9 Å². The smallest absolute Gasteiger partial charge is 0.379 e. The van der Waals surface area contributed by atoms with E-state index >= 15 is 0 Å². The molecule has 2 aromatic heterocycles. The number of carbonyl (C=O) groups excluding carboxylic acids is 2. The minimum Gasteiger partial charge on any atom is -0.490 e. The molecule has 0 spiro atoms.